The van der Waals surface area contributed by atoms with E-state index in [-0.39, 0.29) is 17.7 Å². The molecule has 1 saturated carbocycles. The van der Waals surface area contributed by atoms with Crippen LogP contribution in [0.25, 0.3) is 0 Å². The summed E-state index contributed by atoms with van der Waals surface area (Å²) >= 11 is 5.92. The molecular weight excluding hydrogens is 238 g/mol. The highest BCUT2D eigenvalue weighted by molar-refractivity contribution is 6.33. The average molecular weight is 254 g/mol. The fourth-order valence-corrected chi connectivity index (χ4v) is 2.25. The van der Waals surface area contributed by atoms with Gasteiger partial charge < -0.3 is 10.4 Å². The largest absolute Gasteiger partial charge is 0.508 e. The molecule has 0 aromatic heterocycles. The number of halogens is 1. The van der Waals surface area contributed by atoms with Gasteiger partial charge in [0.2, 0.25) is 0 Å². The van der Waals surface area contributed by atoms with Gasteiger partial charge in [-0.3, -0.25) is 4.79 Å². The molecule has 1 aromatic rings. The predicted octanol–water partition coefficient (Wildman–Crippen LogP) is 2.96. The Hall–Kier alpha value is -1.22. The van der Waals surface area contributed by atoms with Crippen molar-refractivity contribution in [3.63, 3.8) is 0 Å². The molecule has 0 spiro atoms. The molecule has 92 valence electrons. The van der Waals surface area contributed by atoms with Gasteiger partial charge in [-0.1, -0.05) is 24.9 Å². The van der Waals surface area contributed by atoms with Crippen LogP contribution in [0.15, 0.2) is 18.2 Å². The zero-order valence-electron chi connectivity index (χ0n) is 9.74. The molecule has 1 fully saturated rings. The maximum atomic E-state index is 11.9. The molecule has 1 aliphatic carbocycles. The highest BCUT2D eigenvalue weighted by atomic mass is 35.5. The summed E-state index contributed by atoms with van der Waals surface area (Å²) in [5, 5.41) is 12.6. The first-order valence-electron chi connectivity index (χ1n) is 5.91. The Balaban J connectivity index is 1.98. The predicted molar refractivity (Wildman–Crippen MR) is 67.4 cm³/mol. The van der Waals surface area contributed by atoms with Gasteiger partial charge in [0.25, 0.3) is 5.91 Å². The summed E-state index contributed by atoms with van der Waals surface area (Å²) in [4.78, 5) is 11.9. The Kier molecular flexibility index (Phi) is 3.57. The number of hydrogen-bond acceptors (Lipinski definition) is 2. The van der Waals surface area contributed by atoms with Crippen molar-refractivity contribution in [2.45, 2.75) is 32.2 Å². The van der Waals surface area contributed by atoms with Gasteiger partial charge in [-0.05, 0) is 37.0 Å². The van der Waals surface area contributed by atoms with E-state index in [1.54, 1.807) is 0 Å². The lowest BCUT2D eigenvalue weighted by atomic mass is 10.2. The van der Waals surface area contributed by atoms with Crippen molar-refractivity contribution >= 4 is 17.5 Å². The van der Waals surface area contributed by atoms with Crippen molar-refractivity contribution in [2.75, 3.05) is 0 Å². The minimum absolute atomic E-state index is 0.0560. The lowest BCUT2D eigenvalue weighted by Crippen LogP contribution is -2.27. The van der Waals surface area contributed by atoms with E-state index in [0.717, 1.165) is 19.3 Å². The Morgan fingerprint density at radius 3 is 3.06 bits per heavy atom. The van der Waals surface area contributed by atoms with Crippen molar-refractivity contribution in [2.24, 2.45) is 5.92 Å². The van der Waals surface area contributed by atoms with Crippen molar-refractivity contribution in [3.05, 3.63) is 28.8 Å². The standard InChI is InChI=1S/C13H16ClNO2/c1-2-3-8-6-12(8)15-13(17)10-7-9(16)4-5-11(10)14/h4-5,7-8,12,16H,2-3,6H2,1H3,(H,15,17). The fourth-order valence-electron chi connectivity index (χ4n) is 2.05. The molecule has 1 amide bonds. The second kappa shape index (κ2) is 4.96. The second-order valence-corrected chi connectivity index (χ2v) is 4.94. The van der Waals surface area contributed by atoms with Crippen LogP contribution in [-0.2, 0) is 0 Å². The molecule has 2 rings (SSSR count). The number of hydrogen-bond donors (Lipinski definition) is 2. The van der Waals surface area contributed by atoms with E-state index in [4.69, 9.17) is 11.6 Å². The maximum absolute atomic E-state index is 11.9. The van der Waals surface area contributed by atoms with Gasteiger partial charge in [0.1, 0.15) is 5.75 Å². The molecule has 0 heterocycles. The van der Waals surface area contributed by atoms with Crippen molar-refractivity contribution in [1.82, 2.24) is 5.32 Å². The number of nitrogens with one attached hydrogen (secondary N) is 1. The Labute approximate surface area is 106 Å². The minimum Gasteiger partial charge on any atom is -0.508 e. The topological polar surface area (TPSA) is 49.3 Å². The monoisotopic (exact) mass is 253 g/mol. The van der Waals surface area contributed by atoms with Gasteiger partial charge in [-0.15, -0.1) is 0 Å². The van der Waals surface area contributed by atoms with Crippen LogP contribution in [0.3, 0.4) is 0 Å². The van der Waals surface area contributed by atoms with Crippen LogP contribution >= 0.6 is 11.6 Å². The molecule has 2 atom stereocenters. The summed E-state index contributed by atoms with van der Waals surface area (Å²) in [5.41, 5.74) is 0.341. The molecule has 0 bridgehead atoms. The lowest BCUT2D eigenvalue weighted by molar-refractivity contribution is 0.0948. The van der Waals surface area contributed by atoms with Gasteiger partial charge in [0.05, 0.1) is 10.6 Å². The summed E-state index contributed by atoms with van der Waals surface area (Å²) in [7, 11) is 0. The SMILES string of the molecule is CCCC1CC1NC(=O)c1cc(O)ccc1Cl. The molecule has 3 nitrogen and oxygen atoms in total. The molecule has 0 saturated heterocycles. The highest BCUT2D eigenvalue weighted by Crippen LogP contribution is 2.35. The molecule has 4 heteroatoms. The number of aromatic hydroxyl groups is 1. The van der Waals surface area contributed by atoms with Crippen molar-refractivity contribution < 1.29 is 9.90 Å². The molecule has 2 unspecified atom stereocenters. The first-order valence-corrected chi connectivity index (χ1v) is 6.29. The Bertz CT molecular complexity index is 433. The van der Waals surface area contributed by atoms with Gasteiger partial charge in [-0.25, -0.2) is 0 Å². The smallest absolute Gasteiger partial charge is 0.253 e. The van der Waals surface area contributed by atoms with Gasteiger partial charge >= 0.3 is 0 Å². The Morgan fingerprint density at radius 1 is 1.59 bits per heavy atom. The van der Waals surface area contributed by atoms with E-state index >= 15 is 0 Å². The molecule has 2 N–H and O–H groups in total. The average Bonchev–Trinajstić information content (AvgIpc) is 3.00. The van der Waals surface area contributed by atoms with Crippen molar-refractivity contribution in [3.8, 4) is 5.75 Å². The molecule has 1 aliphatic rings. The molecule has 17 heavy (non-hydrogen) atoms. The number of amides is 1. The normalized spacial score (nSPS) is 22.2. The number of rotatable bonds is 4. The van der Waals surface area contributed by atoms with Crippen LogP contribution in [0, 0.1) is 5.92 Å². The zero-order chi connectivity index (χ0) is 12.4. The maximum Gasteiger partial charge on any atom is 0.253 e. The van der Waals surface area contributed by atoms with E-state index < -0.39 is 0 Å². The number of carbonyl (C=O) groups excluding carboxylic acids is 1. The van der Waals surface area contributed by atoms with Crippen LogP contribution in [-0.4, -0.2) is 17.1 Å². The minimum atomic E-state index is -0.200. The number of carbonyl (C=O) groups is 1. The third-order valence-corrected chi connectivity index (χ3v) is 3.42. The van der Waals surface area contributed by atoms with Gasteiger partial charge in [0, 0.05) is 6.04 Å². The quantitative estimate of drug-likeness (QED) is 0.867. The summed E-state index contributed by atoms with van der Waals surface area (Å²) in [6.07, 6.45) is 3.35. The fraction of sp³-hybridized carbons (Fsp3) is 0.462. The third-order valence-electron chi connectivity index (χ3n) is 3.09. The highest BCUT2D eigenvalue weighted by Gasteiger charge is 2.37. The van der Waals surface area contributed by atoms with Gasteiger partial charge in [0.15, 0.2) is 0 Å². The molecular formula is C13H16ClNO2. The summed E-state index contributed by atoms with van der Waals surface area (Å²) in [5.74, 6) is 0.468. The third kappa shape index (κ3) is 2.91. The summed E-state index contributed by atoms with van der Waals surface area (Å²) in [6, 6.07) is 4.67. The molecule has 1 aromatic carbocycles. The zero-order valence-corrected chi connectivity index (χ0v) is 10.5. The van der Waals surface area contributed by atoms with Crippen LogP contribution in [0.1, 0.15) is 36.5 Å². The van der Waals surface area contributed by atoms with Crippen LogP contribution in [0.4, 0.5) is 0 Å². The number of phenols is 1. The summed E-state index contributed by atoms with van der Waals surface area (Å²) in [6.45, 7) is 2.14. The van der Waals surface area contributed by atoms with Crippen LogP contribution in [0.2, 0.25) is 5.02 Å². The van der Waals surface area contributed by atoms with Crippen LogP contribution in [0.5, 0.6) is 5.75 Å². The van der Waals surface area contributed by atoms with Gasteiger partial charge in [-0.2, -0.15) is 0 Å². The lowest BCUT2D eigenvalue weighted by Gasteiger charge is -2.06. The van der Waals surface area contributed by atoms with E-state index in [1.807, 2.05) is 0 Å². The second-order valence-electron chi connectivity index (χ2n) is 4.53. The van der Waals surface area contributed by atoms with E-state index in [1.165, 1.54) is 18.2 Å². The first kappa shape index (κ1) is 12.2. The van der Waals surface area contributed by atoms with Crippen LogP contribution < -0.4 is 5.32 Å². The number of benzene rings is 1. The van der Waals surface area contributed by atoms with E-state index in [0.29, 0.717) is 16.5 Å². The molecule has 0 aliphatic heterocycles. The van der Waals surface area contributed by atoms with E-state index in [2.05, 4.69) is 12.2 Å². The first-order chi connectivity index (χ1) is 8.11. The summed E-state index contributed by atoms with van der Waals surface area (Å²) < 4.78 is 0. The number of phenolic OH excluding ortho intramolecular Hbond substituents is 1. The van der Waals surface area contributed by atoms with E-state index in [9.17, 15) is 9.90 Å². The molecule has 0 radical (unpaired) electrons. The van der Waals surface area contributed by atoms with Crippen molar-refractivity contribution in [1.29, 1.82) is 0 Å². The Morgan fingerprint density at radius 2 is 2.35 bits per heavy atom.